The minimum absolute atomic E-state index is 0.0959. The van der Waals surface area contributed by atoms with Gasteiger partial charge >= 0.3 is 0 Å². The minimum Gasteiger partial charge on any atom is -0.361 e. The third-order valence-electron chi connectivity index (χ3n) is 4.46. The van der Waals surface area contributed by atoms with Crippen molar-refractivity contribution >= 4 is 16.9 Å². The molecule has 0 amide bonds. The van der Waals surface area contributed by atoms with Crippen molar-refractivity contribution < 1.29 is 0 Å². The summed E-state index contributed by atoms with van der Waals surface area (Å²) in [7, 11) is 1.72. The number of aromatic nitrogens is 4. The Morgan fingerprint density at radius 2 is 1.96 bits per heavy atom. The number of aromatic amines is 1. The van der Waals surface area contributed by atoms with Gasteiger partial charge in [0.25, 0.3) is 5.56 Å². The van der Waals surface area contributed by atoms with E-state index in [1.54, 1.807) is 25.5 Å². The number of fused-ring (bicyclic) bond motifs is 1. The summed E-state index contributed by atoms with van der Waals surface area (Å²) in [6, 6.07) is 13.5. The molecular weight excluding hydrogens is 326 g/mol. The molecule has 3 aromatic heterocycles. The molecular formula is C20H19N5O. The predicted molar refractivity (Wildman–Crippen MR) is 103 cm³/mol. The third kappa shape index (κ3) is 3.09. The molecule has 4 rings (SSSR count). The van der Waals surface area contributed by atoms with Crippen LogP contribution in [0.15, 0.2) is 65.8 Å². The summed E-state index contributed by atoms with van der Waals surface area (Å²) in [4.78, 5) is 24.2. The fourth-order valence-corrected chi connectivity index (χ4v) is 3.02. The molecule has 0 fully saturated rings. The molecule has 130 valence electrons. The van der Waals surface area contributed by atoms with Gasteiger partial charge in [-0.2, -0.15) is 0 Å². The maximum absolute atomic E-state index is 12.3. The number of benzene rings is 1. The second kappa shape index (κ2) is 6.84. The van der Waals surface area contributed by atoms with Crippen LogP contribution in [0.25, 0.3) is 22.2 Å². The van der Waals surface area contributed by atoms with Crippen LogP contribution >= 0.6 is 0 Å². The summed E-state index contributed by atoms with van der Waals surface area (Å²) in [6.45, 7) is 0.682. The lowest BCUT2D eigenvalue weighted by molar-refractivity contribution is 0.820. The zero-order valence-corrected chi connectivity index (χ0v) is 14.4. The normalized spacial score (nSPS) is 11.0. The molecule has 0 aliphatic carbocycles. The molecule has 4 aromatic rings. The Morgan fingerprint density at radius 1 is 1.15 bits per heavy atom. The first-order chi connectivity index (χ1) is 12.7. The van der Waals surface area contributed by atoms with Crippen LogP contribution in [-0.4, -0.2) is 26.1 Å². The number of rotatable bonds is 5. The van der Waals surface area contributed by atoms with Gasteiger partial charge in [-0.1, -0.05) is 18.2 Å². The van der Waals surface area contributed by atoms with Gasteiger partial charge in [0.05, 0.1) is 5.69 Å². The first-order valence-electron chi connectivity index (χ1n) is 8.50. The van der Waals surface area contributed by atoms with Crippen molar-refractivity contribution in [1.82, 2.24) is 19.5 Å². The maximum Gasteiger partial charge on any atom is 0.255 e. The van der Waals surface area contributed by atoms with Gasteiger partial charge in [0.2, 0.25) is 5.95 Å². The van der Waals surface area contributed by atoms with Gasteiger partial charge in [0, 0.05) is 54.7 Å². The molecule has 2 N–H and O–H groups in total. The molecule has 1 aromatic carbocycles. The molecule has 6 nitrogen and oxygen atoms in total. The standard InChI is InChI=1S/C20H19N5O/c1-25-19(26)12-18(14-6-9-21-10-7-14)24-20(25)22-11-8-15-13-23-17-5-3-2-4-16(15)17/h2-7,9-10,12-13,23H,8,11H2,1H3,(H,22,24). The average Bonchev–Trinajstić information content (AvgIpc) is 3.09. The molecule has 26 heavy (non-hydrogen) atoms. The number of para-hydroxylation sites is 1. The van der Waals surface area contributed by atoms with Gasteiger partial charge in [0.1, 0.15) is 0 Å². The van der Waals surface area contributed by atoms with Gasteiger partial charge in [-0.15, -0.1) is 0 Å². The highest BCUT2D eigenvalue weighted by atomic mass is 16.1. The van der Waals surface area contributed by atoms with Gasteiger partial charge in [-0.3, -0.25) is 14.3 Å². The fraction of sp³-hybridized carbons (Fsp3) is 0.150. The lowest BCUT2D eigenvalue weighted by atomic mass is 10.1. The highest BCUT2D eigenvalue weighted by Gasteiger charge is 2.08. The van der Waals surface area contributed by atoms with E-state index in [0.717, 1.165) is 17.5 Å². The van der Waals surface area contributed by atoms with E-state index in [1.807, 2.05) is 30.5 Å². The lowest BCUT2D eigenvalue weighted by Gasteiger charge is -2.11. The van der Waals surface area contributed by atoms with Crippen LogP contribution in [0.2, 0.25) is 0 Å². The maximum atomic E-state index is 12.3. The summed E-state index contributed by atoms with van der Waals surface area (Å²) in [5.41, 5.74) is 3.79. The second-order valence-corrected chi connectivity index (χ2v) is 6.13. The SMILES string of the molecule is Cn1c(NCCc2c[nH]c3ccccc23)nc(-c2ccncc2)cc1=O. The first-order valence-corrected chi connectivity index (χ1v) is 8.50. The molecule has 0 radical (unpaired) electrons. The number of hydrogen-bond acceptors (Lipinski definition) is 4. The highest BCUT2D eigenvalue weighted by Crippen LogP contribution is 2.19. The van der Waals surface area contributed by atoms with Gasteiger partial charge < -0.3 is 10.3 Å². The summed E-state index contributed by atoms with van der Waals surface area (Å²) in [5.74, 6) is 0.559. The van der Waals surface area contributed by atoms with E-state index in [4.69, 9.17) is 0 Å². The Bertz CT molecular complexity index is 1100. The average molecular weight is 345 g/mol. The smallest absolute Gasteiger partial charge is 0.255 e. The van der Waals surface area contributed by atoms with E-state index in [-0.39, 0.29) is 5.56 Å². The minimum atomic E-state index is -0.0959. The van der Waals surface area contributed by atoms with E-state index in [2.05, 4.69) is 32.4 Å². The van der Waals surface area contributed by atoms with Crippen molar-refractivity contribution in [3.63, 3.8) is 0 Å². The number of nitrogens with zero attached hydrogens (tertiary/aromatic N) is 3. The number of pyridine rings is 1. The fourth-order valence-electron chi connectivity index (χ4n) is 3.02. The summed E-state index contributed by atoms with van der Waals surface area (Å²) >= 11 is 0. The molecule has 0 atom stereocenters. The zero-order valence-electron chi connectivity index (χ0n) is 14.4. The van der Waals surface area contributed by atoms with Crippen LogP contribution < -0.4 is 10.9 Å². The predicted octanol–water partition coefficient (Wildman–Crippen LogP) is 2.98. The van der Waals surface area contributed by atoms with Crippen LogP contribution in [0.1, 0.15) is 5.56 Å². The van der Waals surface area contributed by atoms with Crippen LogP contribution in [0, 0.1) is 0 Å². The largest absolute Gasteiger partial charge is 0.361 e. The van der Waals surface area contributed by atoms with E-state index in [1.165, 1.54) is 15.5 Å². The Morgan fingerprint density at radius 3 is 2.81 bits per heavy atom. The quantitative estimate of drug-likeness (QED) is 0.583. The van der Waals surface area contributed by atoms with Crippen LogP contribution in [-0.2, 0) is 13.5 Å². The highest BCUT2D eigenvalue weighted by molar-refractivity contribution is 5.83. The van der Waals surface area contributed by atoms with Crippen LogP contribution in [0.4, 0.5) is 5.95 Å². The molecule has 3 heterocycles. The number of H-pyrrole nitrogens is 1. The van der Waals surface area contributed by atoms with E-state index < -0.39 is 0 Å². The van der Waals surface area contributed by atoms with E-state index in [0.29, 0.717) is 18.2 Å². The third-order valence-corrected chi connectivity index (χ3v) is 4.46. The van der Waals surface area contributed by atoms with Crippen molar-refractivity contribution in [3.8, 4) is 11.3 Å². The zero-order chi connectivity index (χ0) is 17.9. The van der Waals surface area contributed by atoms with E-state index >= 15 is 0 Å². The molecule has 0 saturated carbocycles. The van der Waals surface area contributed by atoms with Crippen molar-refractivity contribution in [1.29, 1.82) is 0 Å². The summed E-state index contributed by atoms with van der Waals surface area (Å²) in [6.07, 6.45) is 6.25. The molecule has 0 saturated heterocycles. The number of anilines is 1. The Balaban J connectivity index is 1.54. The second-order valence-electron chi connectivity index (χ2n) is 6.13. The van der Waals surface area contributed by atoms with Crippen molar-refractivity contribution in [3.05, 3.63) is 77.0 Å². The molecule has 0 aliphatic heterocycles. The topological polar surface area (TPSA) is 75.6 Å². The summed E-state index contributed by atoms with van der Waals surface area (Å²) < 4.78 is 1.53. The van der Waals surface area contributed by atoms with Crippen molar-refractivity contribution in [2.24, 2.45) is 7.05 Å². The van der Waals surface area contributed by atoms with Crippen molar-refractivity contribution in [2.45, 2.75) is 6.42 Å². The van der Waals surface area contributed by atoms with E-state index in [9.17, 15) is 4.79 Å². The molecule has 0 spiro atoms. The first kappa shape index (κ1) is 16.1. The number of hydrogen-bond donors (Lipinski definition) is 2. The number of nitrogens with one attached hydrogen (secondary N) is 2. The Hall–Kier alpha value is -3.41. The molecule has 6 heteroatoms. The molecule has 0 bridgehead atoms. The summed E-state index contributed by atoms with van der Waals surface area (Å²) in [5, 5.41) is 4.51. The van der Waals surface area contributed by atoms with Gasteiger partial charge in [0.15, 0.2) is 0 Å². The monoisotopic (exact) mass is 345 g/mol. The van der Waals surface area contributed by atoms with Crippen LogP contribution in [0.3, 0.4) is 0 Å². The Kier molecular flexibility index (Phi) is 4.23. The Labute approximate surface area is 150 Å². The van der Waals surface area contributed by atoms with Gasteiger partial charge in [-0.25, -0.2) is 4.98 Å². The van der Waals surface area contributed by atoms with Crippen molar-refractivity contribution in [2.75, 3.05) is 11.9 Å². The van der Waals surface area contributed by atoms with Crippen LogP contribution in [0.5, 0.6) is 0 Å². The van der Waals surface area contributed by atoms with Gasteiger partial charge in [-0.05, 0) is 30.2 Å². The lowest BCUT2D eigenvalue weighted by Crippen LogP contribution is -2.22. The molecule has 0 unspecified atom stereocenters. The molecule has 0 aliphatic rings.